The normalized spacial score (nSPS) is 17.6. The molecule has 10 nitrogen and oxygen atoms in total. The summed E-state index contributed by atoms with van der Waals surface area (Å²) < 4.78 is 48.2. The van der Waals surface area contributed by atoms with Crippen molar-refractivity contribution in [1.82, 2.24) is 15.5 Å². The molecular formula is C20H24FN5O5S. The van der Waals surface area contributed by atoms with Crippen LogP contribution < -0.4 is 15.4 Å². The van der Waals surface area contributed by atoms with Crippen LogP contribution in [0.2, 0.25) is 0 Å². The number of carbonyl (C=O) groups excluding carboxylic acids is 1. The van der Waals surface area contributed by atoms with E-state index in [2.05, 4.69) is 20.8 Å². The number of aromatic nitrogens is 2. The van der Waals surface area contributed by atoms with Crippen molar-refractivity contribution in [1.29, 1.82) is 5.41 Å². The Labute approximate surface area is 186 Å². The third kappa shape index (κ3) is 5.56. The minimum absolute atomic E-state index is 0.000944. The maximum Gasteiger partial charge on any atom is 0.276 e. The van der Waals surface area contributed by atoms with Crippen LogP contribution >= 0.6 is 0 Å². The highest BCUT2D eigenvalue weighted by Crippen LogP contribution is 2.28. The minimum Gasteiger partial charge on any atom is -0.480 e. The third-order valence-corrected chi connectivity index (χ3v) is 5.99. The topological polar surface area (TPSA) is 143 Å². The van der Waals surface area contributed by atoms with Crippen molar-refractivity contribution >= 4 is 28.1 Å². The molecule has 1 fully saturated rings. The standard InChI is InChI=1S/C20H24FN5O5S/c1-20(11-32(28)29,24-18(22)12-7-8-31-10-12)14-9-13(3-4-15(14)21)23-19(27)16-5-6-17(30-2)26-25-16/h3-6,9,12,32H,7-8,10-11H2,1-2H3,(H2,22,24)(H,23,27)/t12-,20+/m1/s1. The summed E-state index contributed by atoms with van der Waals surface area (Å²) in [7, 11) is -1.49. The lowest BCUT2D eigenvalue weighted by molar-refractivity contribution is 0.102. The van der Waals surface area contributed by atoms with Crippen molar-refractivity contribution in [2.24, 2.45) is 5.92 Å². The summed E-state index contributed by atoms with van der Waals surface area (Å²) >= 11 is 0. The van der Waals surface area contributed by atoms with E-state index in [1.807, 2.05) is 0 Å². The summed E-state index contributed by atoms with van der Waals surface area (Å²) in [4.78, 5) is 12.5. The van der Waals surface area contributed by atoms with E-state index in [0.29, 0.717) is 19.6 Å². The molecule has 2 aromatic rings. The number of nitrogens with one attached hydrogen (secondary N) is 3. The Balaban J connectivity index is 1.87. The molecule has 0 saturated carbocycles. The number of anilines is 1. The van der Waals surface area contributed by atoms with Crippen LogP contribution in [0.25, 0.3) is 0 Å². The molecule has 0 radical (unpaired) electrons. The first-order valence-corrected chi connectivity index (χ1v) is 11.1. The summed E-state index contributed by atoms with van der Waals surface area (Å²) in [5.41, 5.74) is -1.18. The van der Waals surface area contributed by atoms with Crippen molar-refractivity contribution in [2.75, 3.05) is 31.4 Å². The van der Waals surface area contributed by atoms with Crippen molar-refractivity contribution in [3.05, 3.63) is 47.4 Å². The van der Waals surface area contributed by atoms with Crippen LogP contribution in [-0.4, -0.2) is 56.4 Å². The molecule has 0 unspecified atom stereocenters. The Kier molecular flexibility index (Phi) is 7.36. The second kappa shape index (κ2) is 10.0. The van der Waals surface area contributed by atoms with Gasteiger partial charge < -0.3 is 20.1 Å². The predicted octanol–water partition coefficient (Wildman–Crippen LogP) is 1.31. The van der Waals surface area contributed by atoms with E-state index in [0.717, 1.165) is 6.07 Å². The molecule has 0 spiro atoms. The molecule has 32 heavy (non-hydrogen) atoms. The average Bonchev–Trinajstić information content (AvgIpc) is 3.29. The smallest absolute Gasteiger partial charge is 0.276 e. The fraction of sp³-hybridized carbons (Fsp3) is 0.400. The first-order valence-electron chi connectivity index (χ1n) is 9.77. The van der Waals surface area contributed by atoms with Crippen LogP contribution in [0.15, 0.2) is 30.3 Å². The quantitative estimate of drug-likeness (QED) is 0.260. The molecule has 1 aromatic carbocycles. The number of amides is 1. The SMILES string of the molecule is COc1ccc(C(=O)Nc2ccc(F)c([C@](C)(C[SH](=O)=O)NC(=N)[C@@H]3CCOC3)c2)nn1. The first-order chi connectivity index (χ1) is 15.2. The highest BCUT2D eigenvalue weighted by Gasteiger charge is 2.34. The van der Waals surface area contributed by atoms with Gasteiger partial charge in [0.1, 0.15) is 16.5 Å². The summed E-state index contributed by atoms with van der Waals surface area (Å²) in [5.74, 6) is -1.61. The van der Waals surface area contributed by atoms with Crippen LogP contribution in [-0.2, 0) is 21.0 Å². The molecule has 1 amide bonds. The van der Waals surface area contributed by atoms with Gasteiger partial charge in [-0.25, -0.2) is 12.8 Å². The summed E-state index contributed by atoms with van der Waals surface area (Å²) in [6.07, 6.45) is 0.618. The van der Waals surface area contributed by atoms with Gasteiger partial charge in [-0.15, -0.1) is 10.2 Å². The largest absolute Gasteiger partial charge is 0.480 e. The molecule has 0 bridgehead atoms. The molecule has 2 atom stereocenters. The second-order valence-electron chi connectivity index (χ2n) is 7.53. The van der Waals surface area contributed by atoms with E-state index in [1.54, 1.807) is 0 Å². The van der Waals surface area contributed by atoms with Crippen molar-refractivity contribution in [3.63, 3.8) is 0 Å². The predicted molar refractivity (Wildman–Crippen MR) is 115 cm³/mol. The number of hydrogen-bond donors (Lipinski definition) is 4. The van der Waals surface area contributed by atoms with Crippen molar-refractivity contribution < 1.29 is 27.1 Å². The molecule has 1 aromatic heterocycles. The van der Waals surface area contributed by atoms with Gasteiger partial charge in [-0.05, 0) is 37.6 Å². The molecule has 2 heterocycles. The van der Waals surface area contributed by atoms with Crippen LogP contribution in [0, 0.1) is 17.1 Å². The van der Waals surface area contributed by atoms with Gasteiger partial charge in [-0.2, -0.15) is 0 Å². The summed E-state index contributed by atoms with van der Waals surface area (Å²) in [6, 6.07) is 6.72. The van der Waals surface area contributed by atoms with Crippen LogP contribution in [0.4, 0.5) is 10.1 Å². The fourth-order valence-electron chi connectivity index (χ4n) is 3.38. The van der Waals surface area contributed by atoms with Gasteiger partial charge in [-0.1, -0.05) is 0 Å². The van der Waals surface area contributed by atoms with Gasteiger partial charge in [0.05, 0.1) is 30.8 Å². The van der Waals surface area contributed by atoms with E-state index in [4.69, 9.17) is 14.9 Å². The molecule has 1 saturated heterocycles. The maximum atomic E-state index is 14.8. The number of nitrogens with zero attached hydrogens (tertiary/aromatic N) is 2. The molecule has 0 aliphatic carbocycles. The van der Waals surface area contributed by atoms with Crippen molar-refractivity contribution in [3.8, 4) is 5.88 Å². The number of rotatable bonds is 8. The fourth-order valence-corrected chi connectivity index (χ4v) is 4.15. The number of thiol groups is 1. The lowest BCUT2D eigenvalue weighted by atomic mass is 9.91. The monoisotopic (exact) mass is 465 g/mol. The minimum atomic E-state index is -2.91. The highest BCUT2D eigenvalue weighted by molar-refractivity contribution is 7.72. The Morgan fingerprint density at radius 3 is 2.72 bits per heavy atom. The van der Waals surface area contributed by atoms with Gasteiger partial charge in [-0.3, -0.25) is 10.2 Å². The zero-order valence-corrected chi connectivity index (χ0v) is 18.4. The summed E-state index contributed by atoms with van der Waals surface area (Å²) in [6.45, 7) is 2.35. The van der Waals surface area contributed by atoms with E-state index in [1.165, 1.54) is 38.3 Å². The Morgan fingerprint density at radius 1 is 1.34 bits per heavy atom. The second-order valence-corrected chi connectivity index (χ2v) is 8.51. The number of methoxy groups -OCH3 is 1. The van der Waals surface area contributed by atoms with Gasteiger partial charge >= 0.3 is 0 Å². The van der Waals surface area contributed by atoms with Gasteiger partial charge in [0.25, 0.3) is 5.91 Å². The Hall–Kier alpha value is -3.12. The lowest BCUT2D eigenvalue weighted by Crippen LogP contribution is -2.49. The zero-order valence-electron chi connectivity index (χ0n) is 17.6. The van der Waals surface area contributed by atoms with E-state index in [9.17, 15) is 17.6 Å². The number of carbonyl (C=O) groups is 1. The number of ether oxygens (including phenoxy) is 2. The van der Waals surface area contributed by atoms with Crippen LogP contribution in [0.1, 0.15) is 29.4 Å². The molecule has 12 heteroatoms. The summed E-state index contributed by atoms with van der Waals surface area (Å²) in [5, 5.41) is 21.3. The molecule has 172 valence electrons. The Morgan fingerprint density at radius 2 is 2.12 bits per heavy atom. The molecule has 1 aliphatic heterocycles. The van der Waals surface area contributed by atoms with Crippen molar-refractivity contribution in [2.45, 2.75) is 18.9 Å². The van der Waals surface area contributed by atoms with Gasteiger partial charge in [0.15, 0.2) is 5.69 Å². The first kappa shape index (κ1) is 23.5. The van der Waals surface area contributed by atoms with E-state index >= 15 is 0 Å². The number of halogens is 1. The van der Waals surface area contributed by atoms with Crippen LogP contribution in [0.3, 0.4) is 0 Å². The van der Waals surface area contributed by atoms with E-state index < -0.39 is 33.7 Å². The number of benzene rings is 1. The lowest BCUT2D eigenvalue weighted by Gasteiger charge is -2.32. The molecule has 3 rings (SSSR count). The maximum absolute atomic E-state index is 14.8. The molecule has 1 aliphatic rings. The van der Waals surface area contributed by atoms with Gasteiger partial charge in [0.2, 0.25) is 5.88 Å². The van der Waals surface area contributed by atoms with Gasteiger partial charge in [0, 0.05) is 29.8 Å². The van der Waals surface area contributed by atoms with Crippen LogP contribution in [0.5, 0.6) is 5.88 Å². The zero-order chi connectivity index (χ0) is 23.3. The Bertz CT molecular complexity index is 1060. The highest BCUT2D eigenvalue weighted by atomic mass is 32.2. The average molecular weight is 466 g/mol. The number of hydrogen-bond acceptors (Lipinski definition) is 8. The van der Waals surface area contributed by atoms with E-state index in [-0.39, 0.29) is 34.6 Å². The third-order valence-electron chi connectivity index (χ3n) is 5.09. The molecular weight excluding hydrogens is 441 g/mol. The molecule has 3 N–H and O–H groups in total. The number of amidine groups is 1.